The lowest BCUT2D eigenvalue weighted by Gasteiger charge is -2.09. The highest BCUT2D eigenvalue weighted by atomic mass is 19.4. The Labute approximate surface area is 149 Å². The number of carboxylic acids is 1. The molecule has 140 valence electrons. The molecule has 0 atom stereocenters. The van der Waals surface area contributed by atoms with E-state index in [4.69, 9.17) is 4.42 Å². The van der Waals surface area contributed by atoms with Crippen LogP contribution in [0.15, 0.2) is 47.5 Å². The summed E-state index contributed by atoms with van der Waals surface area (Å²) in [6.45, 7) is -1.08. The maximum atomic E-state index is 13.0. The van der Waals surface area contributed by atoms with Crippen molar-refractivity contribution < 1.29 is 31.9 Å². The molecule has 0 amide bonds. The minimum Gasteiger partial charge on any atom is -0.478 e. The van der Waals surface area contributed by atoms with Crippen LogP contribution in [0.4, 0.5) is 17.6 Å². The van der Waals surface area contributed by atoms with Gasteiger partial charge in [-0.2, -0.15) is 13.2 Å². The number of hydrogen-bond acceptors (Lipinski definition) is 4. The van der Waals surface area contributed by atoms with Gasteiger partial charge in [0.2, 0.25) is 0 Å². The van der Waals surface area contributed by atoms with Crippen LogP contribution in [0, 0.1) is 0 Å². The second kappa shape index (κ2) is 7.06. The number of hydrogen-bond donors (Lipinski definition) is 1. The summed E-state index contributed by atoms with van der Waals surface area (Å²) in [5, 5.41) is 13.2. The number of aromatic nitrogens is 3. The van der Waals surface area contributed by atoms with Gasteiger partial charge in [-0.15, -0.1) is 5.10 Å². The Morgan fingerprint density at radius 3 is 2.67 bits per heavy atom. The third-order valence-electron chi connectivity index (χ3n) is 3.57. The third-order valence-corrected chi connectivity index (χ3v) is 3.57. The van der Waals surface area contributed by atoms with Crippen LogP contribution < -0.4 is 0 Å². The standard InChI is InChI=1S/C17H11F4N3O3/c18-6-10-3-12(5-13(4-10)17(19,20)21)15-22-9-24(23-15)7-14(16(25)26)11-1-2-27-8-11/h1-5,7-9H,6H2,(H,25,26)/b14-7-. The highest BCUT2D eigenvalue weighted by Crippen LogP contribution is 2.33. The molecule has 3 aromatic rings. The predicted octanol–water partition coefficient (Wildman–Crippen LogP) is 4.11. The summed E-state index contributed by atoms with van der Waals surface area (Å²) in [7, 11) is 0. The van der Waals surface area contributed by atoms with Crippen LogP contribution >= 0.6 is 0 Å². The number of benzene rings is 1. The van der Waals surface area contributed by atoms with Gasteiger partial charge in [0.25, 0.3) is 0 Å². The Hall–Kier alpha value is -3.43. The number of carbonyl (C=O) groups is 1. The van der Waals surface area contributed by atoms with Crippen molar-refractivity contribution in [3.63, 3.8) is 0 Å². The molecule has 0 aliphatic carbocycles. The second-order valence-corrected chi connectivity index (χ2v) is 5.46. The monoisotopic (exact) mass is 381 g/mol. The van der Waals surface area contributed by atoms with Gasteiger partial charge in [-0.1, -0.05) is 0 Å². The molecule has 0 saturated carbocycles. The van der Waals surface area contributed by atoms with E-state index in [9.17, 15) is 27.5 Å². The van der Waals surface area contributed by atoms with Gasteiger partial charge in [-0.05, 0) is 29.8 Å². The van der Waals surface area contributed by atoms with E-state index in [1.807, 2.05) is 0 Å². The molecule has 10 heteroatoms. The fourth-order valence-electron chi connectivity index (χ4n) is 2.33. The second-order valence-electron chi connectivity index (χ2n) is 5.46. The SMILES string of the molecule is O=C(O)/C(=C\n1cnc(-c2cc(CF)cc(C(F)(F)F)c2)n1)c1ccoc1. The van der Waals surface area contributed by atoms with Crippen molar-refractivity contribution in [2.75, 3.05) is 0 Å². The van der Waals surface area contributed by atoms with E-state index in [1.165, 1.54) is 24.7 Å². The van der Waals surface area contributed by atoms with Gasteiger partial charge in [-0.3, -0.25) is 0 Å². The van der Waals surface area contributed by atoms with Crippen LogP contribution in [0.3, 0.4) is 0 Å². The molecule has 0 saturated heterocycles. The molecule has 2 aromatic heterocycles. The van der Waals surface area contributed by atoms with Crippen molar-refractivity contribution in [3.05, 3.63) is 59.8 Å². The summed E-state index contributed by atoms with van der Waals surface area (Å²) >= 11 is 0. The molecular weight excluding hydrogens is 370 g/mol. The first-order chi connectivity index (χ1) is 12.8. The third kappa shape index (κ3) is 4.05. The van der Waals surface area contributed by atoms with Crippen LogP contribution in [-0.2, 0) is 17.6 Å². The van der Waals surface area contributed by atoms with E-state index in [-0.39, 0.29) is 28.1 Å². The topological polar surface area (TPSA) is 81.1 Å². The number of furan rings is 1. The molecule has 3 rings (SSSR count). The number of alkyl halides is 4. The Morgan fingerprint density at radius 1 is 1.30 bits per heavy atom. The molecule has 0 spiro atoms. The number of aliphatic carboxylic acids is 1. The lowest BCUT2D eigenvalue weighted by Crippen LogP contribution is -2.06. The lowest BCUT2D eigenvalue weighted by atomic mass is 10.1. The van der Waals surface area contributed by atoms with Crippen LogP contribution in [0.5, 0.6) is 0 Å². The average molecular weight is 381 g/mol. The van der Waals surface area contributed by atoms with Crippen molar-refractivity contribution in [2.45, 2.75) is 12.9 Å². The summed E-state index contributed by atoms with van der Waals surface area (Å²) in [4.78, 5) is 15.3. The fourth-order valence-corrected chi connectivity index (χ4v) is 2.33. The molecule has 0 bridgehead atoms. The van der Waals surface area contributed by atoms with Gasteiger partial charge < -0.3 is 9.52 Å². The molecule has 0 radical (unpaired) electrons. The number of halogens is 4. The highest BCUT2D eigenvalue weighted by Gasteiger charge is 2.31. The van der Waals surface area contributed by atoms with Crippen LogP contribution in [0.2, 0.25) is 0 Å². The van der Waals surface area contributed by atoms with Crippen molar-refractivity contribution in [1.29, 1.82) is 0 Å². The van der Waals surface area contributed by atoms with E-state index < -0.39 is 24.4 Å². The quantitative estimate of drug-likeness (QED) is 0.531. The van der Waals surface area contributed by atoms with E-state index in [0.717, 1.165) is 23.3 Å². The maximum Gasteiger partial charge on any atom is 0.416 e. The van der Waals surface area contributed by atoms with E-state index in [0.29, 0.717) is 6.07 Å². The Kier molecular flexibility index (Phi) is 4.80. The van der Waals surface area contributed by atoms with Gasteiger partial charge >= 0.3 is 12.1 Å². The minimum absolute atomic E-state index is 0.0372. The molecule has 1 aromatic carbocycles. The molecule has 2 heterocycles. The van der Waals surface area contributed by atoms with Gasteiger partial charge in [0.05, 0.1) is 23.7 Å². The Morgan fingerprint density at radius 2 is 2.07 bits per heavy atom. The fraction of sp³-hybridized carbons (Fsp3) is 0.118. The average Bonchev–Trinajstić information content (AvgIpc) is 3.30. The van der Waals surface area contributed by atoms with E-state index >= 15 is 0 Å². The molecule has 0 aliphatic rings. The lowest BCUT2D eigenvalue weighted by molar-refractivity contribution is -0.137. The summed E-state index contributed by atoms with van der Waals surface area (Å²) in [6, 6.07) is 4.14. The normalized spacial score (nSPS) is 12.4. The summed E-state index contributed by atoms with van der Waals surface area (Å²) in [6.07, 6.45) is 0.124. The predicted molar refractivity (Wildman–Crippen MR) is 85.8 cm³/mol. The zero-order valence-corrected chi connectivity index (χ0v) is 13.4. The molecular formula is C17H11F4N3O3. The minimum atomic E-state index is -4.65. The first-order valence-corrected chi connectivity index (χ1v) is 7.44. The molecule has 1 N–H and O–H groups in total. The summed E-state index contributed by atoms with van der Waals surface area (Å²) in [5.74, 6) is -1.36. The first kappa shape index (κ1) is 18.4. The van der Waals surface area contributed by atoms with Crippen molar-refractivity contribution in [1.82, 2.24) is 14.8 Å². The van der Waals surface area contributed by atoms with Crippen molar-refractivity contribution in [2.24, 2.45) is 0 Å². The van der Waals surface area contributed by atoms with Crippen LogP contribution in [0.1, 0.15) is 16.7 Å². The van der Waals surface area contributed by atoms with Crippen molar-refractivity contribution in [3.8, 4) is 11.4 Å². The van der Waals surface area contributed by atoms with Gasteiger partial charge in [0.15, 0.2) is 5.82 Å². The molecule has 0 unspecified atom stereocenters. The number of carboxylic acid groups (broad SMARTS) is 1. The number of nitrogens with zero attached hydrogens (tertiary/aromatic N) is 3. The van der Waals surface area contributed by atoms with Crippen LogP contribution in [-0.4, -0.2) is 25.8 Å². The van der Waals surface area contributed by atoms with Crippen LogP contribution in [0.25, 0.3) is 23.2 Å². The summed E-state index contributed by atoms with van der Waals surface area (Å²) < 4.78 is 57.7. The van der Waals surface area contributed by atoms with Gasteiger partial charge in [0.1, 0.15) is 13.0 Å². The molecule has 0 aliphatic heterocycles. The Balaban J connectivity index is 2.01. The van der Waals surface area contributed by atoms with E-state index in [2.05, 4.69) is 10.1 Å². The van der Waals surface area contributed by atoms with Crippen molar-refractivity contribution >= 4 is 17.7 Å². The molecule has 0 fully saturated rings. The Bertz CT molecular complexity index is 991. The summed E-state index contributed by atoms with van der Waals surface area (Å²) in [5.41, 5.74) is -1.11. The molecule has 6 nitrogen and oxygen atoms in total. The van der Waals surface area contributed by atoms with E-state index in [1.54, 1.807) is 0 Å². The smallest absolute Gasteiger partial charge is 0.416 e. The number of rotatable bonds is 5. The zero-order valence-electron chi connectivity index (χ0n) is 13.4. The van der Waals surface area contributed by atoms with Gasteiger partial charge in [-0.25, -0.2) is 18.9 Å². The molecule has 27 heavy (non-hydrogen) atoms. The first-order valence-electron chi connectivity index (χ1n) is 7.44. The van der Waals surface area contributed by atoms with Gasteiger partial charge in [0, 0.05) is 17.3 Å². The largest absolute Gasteiger partial charge is 0.478 e. The maximum absolute atomic E-state index is 13.0. The highest BCUT2D eigenvalue weighted by molar-refractivity contribution is 6.19. The zero-order chi connectivity index (χ0) is 19.6.